The smallest absolute Gasteiger partial charge is 0.314 e. The monoisotopic (exact) mass is 473 g/mol. The number of carbonyl (C=O) groups is 1. The normalized spacial score (nSPS) is 17.6. The predicted octanol–water partition coefficient (Wildman–Crippen LogP) is 8.68. The van der Waals surface area contributed by atoms with Crippen LogP contribution in [0.1, 0.15) is 119 Å². The van der Waals surface area contributed by atoms with Gasteiger partial charge in [0.1, 0.15) is 11.8 Å². The molecule has 3 heteroatoms. The van der Waals surface area contributed by atoms with Crippen molar-refractivity contribution in [1.82, 2.24) is 0 Å². The van der Waals surface area contributed by atoms with Crippen LogP contribution in [0.3, 0.4) is 0 Å². The maximum absolute atomic E-state index is 12.8. The third-order valence-corrected chi connectivity index (χ3v) is 7.52. The van der Waals surface area contributed by atoms with Crippen molar-refractivity contribution in [2.75, 3.05) is 0 Å². The van der Waals surface area contributed by atoms with Crippen LogP contribution < -0.4 is 4.74 Å². The number of hydrogen-bond donors (Lipinski definition) is 0. The van der Waals surface area contributed by atoms with Gasteiger partial charge < -0.3 is 4.74 Å². The first kappa shape index (κ1) is 27.0. The van der Waals surface area contributed by atoms with Crippen LogP contribution in [0.2, 0.25) is 0 Å². The second-order valence-corrected chi connectivity index (χ2v) is 10.3. The molecule has 0 radical (unpaired) electrons. The van der Waals surface area contributed by atoms with Crippen LogP contribution in [0, 0.1) is 17.2 Å². The van der Waals surface area contributed by atoms with Gasteiger partial charge in [0.25, 0.3) is 0 Å². The molecule has 0 heterocycles. The minimum absolute atomic E-state index is 0.0791. The molecule has 0 spiro atoms. The summed E-state index contributed by atoms with van der Waals surface area (Å²) in [7, 11) is 0. The SMILES string of the molecule is CCCCCCCCc1ccc(C2CCC(C(=O)Oc3ccc(CCCC)cc3C#N)CC2)cc1. The molecular weight excluding hydrogens is 430 g/mol. The van der Waals surface area contributed by atoms with Crippen molar-refractivity contribution in [2.45, 2.75) is 110 Å². The molecule has 1 aliphatic rings. The average Bonchev–Trinajstić information content (AvgIpc) is 2.90. The van der Waals surface area contributed by atoms with Crippen LogP contribution in [0.15, 0.2) is 42.5 Å². The summed E-state index contributed by atoms with van der Waals surface area (Å²) in [6.45, 7) is 4.42. The molecule has 1 fully saturated rings. The van der Waals surface area contributed by atoms with E-state index in [0.29, 0.717) is 17.2 Å². The van der Waals surface area contributed by atoms with E-state index in [-0.39, 0.29) is 11.9 Å². The highest BCUT2D eigenvalue weighted by Crippen LogP contribution is 2.37. The number of esters is 1. The summed E-state index contributed by atoms with van der Waals surface area (Å²) < 4.78 is 5.70. The van der Waals surface area contributed by atoms with Crippen LogP contribution in [0.4, 0.5) is 0 Å². The van der Waals surface area contributed by atoms with E-state index in [1.165, 1.54) is 56.1 Å². The molecule has 0 unspecified atom stereocenters. The van der Waals surface area contributed by atoms with E-state index in [9.17, 15) is 10.1 Å². The Kier molecular flexibility index (Phi) is 11.4. The third-order valence-electron chi connectivity index (χ3n) is 7.52. The van der Waals surface area contributed by atoms with Crippen molar-refractivity contribution in [1.29, 1.82) is 5.26 Å². The number of nitrogens with zero attached hydrogens (tertiary/aromatic N) is 1. The molecule has 35 heavy (non-hydrogen) atoms. The zero-order chi connectivity index (χ0) is 24.9. The van der Waals surface area contributed by atoms with Crippen molar-refractivity contribution >= 4 is 5.97 Å². The first-order valence-electron chi connectivity index (χ1n) is 14.0. The maximum atomic E-state index is 12.8. The largest absolute Gasteiger partial charge is 0.425 e. The Hall–Kier alpha value is -2.60. The van der Waals surface area contributed by atoms with Crippen molar-refractivity contribution in [3.05, 3.63) is 64.7 Å². The fraction of sp³-hybridized carbons (Fsp3) is 0.562. The van der Waals surface area contributed by atoms with Crippen molar-refractivity contribution in [3.63, 3.8) is 0 Å². The van der Waals surface area contributed by atoms with E-state index < -0.39 is 0 Å². The molecule has 3 rings (SSSR count). The summed E-state index contributed by atoms with van der Waals surface area (Å²) in [5, 5.41) is 9.52. The Bertz CT molecular complexity index is 949. The molecular formula is C32H43NO2. The topological polar surface area (TPSA) is 50.1 Å². The van der Waals surface area contributed by atoms with Gasteiger partial charge in [-0.15, -0.1) is 0 Å². The lowest BCUT2D eigenvalue weighted by molar-refractivity contribution is -0.140. The number of benzene rings is 2. The summed E-state index contributed by atoms with van der Waals surface area (Å²) in [5.41, 5.74) is 4.43. The lowest BCUT2D eigenvalue weighted by Crippen LogP contribution is -2.25. The van der Waals surface area contributed by atoms with Gasteiger partial charge in [-0.2, -0.15) is 5.26 Å². The number of carbonyl (C=O) groups excluding carboxylic acids is 1. The Morgan fingerprint density at radius 1 is 0.829 bits per heavy atom. The minimum Gasteiger partial charge on any atom is -0.425 e. The Morgan fingerprint density at radius 2 is 1.46 bits per heavy atom. The zero-order valence-corrected chi connectivity index (χ0v) is 21.9. The van der Waals surface area contributed by atoms with E-state index >= 15 is 0 Å². The second-order valence-electron chi connectivity index (χ2n) is 10.3. The summed E-state index contributed by atoms with van der Waals surface area (Å²) in [6, 6.07) is 17.0. The van der Waals surface area contributed by atoms with Gasteiger partial charge >= 0.3 is 5.97 Å². The van der Waals surface area contributed by atoms with Gasteiger partial charge in [-0.1, -0.05) is 82.7 Å². The summed E-state index contributed by atoms with van der Waals surface area (Å²) >= 11 is 0. The molecule has 0 bridgehead atoms. The number of ether oxygens (including phenoxy) is 1. The number of unbranched alkanes of at least 4 members (excludes halogenated alkanes) is 6. The molecule has 188 valence electrons. The van der Waals surface area contributed by atoms with Gasteiger partial charge in [-0.05, 0) is 86.1 Å². The lowest BCUT2D eigenvalue weighted by atomic mass is 9.78. The molecule has 2 aromatic carbocycles. The second kappa shape index (κ2) is 14.7. The van der Waals surface area contributed by atoms with Gasteiger partial charge in [0.05, 0.1) is 11.5 Å². The van der Waals surface area contributed by atoms with E-state index in [4.69, 9.17) is 4.74 Å². The fourth-order valence-corrected chi connectivity index (χ4v) is 5.21. The van der Waals surface area contributed by atoms with E-state index in [2.05, 4.69) is 44.2 Å². The highest BCUT2D eigenvalue weighted by Gasteiger charge is 2.29. The quantitative estimate of drug-likeness (QED) is 0.166. The van der Waals surface area contributed by atoms with Crippen LogP contribution in [0.25, 0.3) is 0 Å². The van der Waals surface area contributed by atoms with Crippen LogP contribution in [0.5, 0.6) is 5.75 Å². The Labute approximate surface area is 212 Å². The average molecular weight is 474 g/mol. The summed E-state index contributed by atoms with van der Waals surface area (Å²) in [4.78, 5) is 12.8. The minimum atomic E-state index is -0.185. The van der Waals surface area contributed by atoms with Crippen LogP contribution in [-0.2, 0) is 17.6 Å². The first-order chi connectivity index (χ1) is 17.1. The van der Waals surface area contributed by atoms with Crippen molar-refractivity contribution in [3.8, 4) is 11.8 Å². The Morgan fingerprint density at radius 3 is 2.14 bits per heavy atom. The highest BCUT2D eigenvalue weighted by molar-refractivity contribution is 5.76. The molecule has 0 N–H and O–H groups in total. The number of hydrogen-bond acceptors (Lipinski definition) is 3. The van der Waals surface area contributed by atoms with Gasteiger partial charge in [0, 0.05) is 0 Å². The number of rotatable bonds is 13. The summed E-state index contributed by atoms with van der Waals surface area (Å²) in [6.07, 6.45) is 16.1. The van der Waals surface area contributed by atoms with Crippen LogP contribution in [-0.4, -0.2) is 5.97 Å². The molecule has 0 amide bonds. The molecule has 1 aliphatic carbocycles. The fourth-order valence-electron chi connectivity index (χ4n) is 5.21. The maximum Gasteiger partial charge on any atom is 0.314 e. The number of aryl methyl sites for hydroxylation is 2. The molecule has 1 saturated carbocycles. The van der Waals surface area contributed by atoms with E-state index in [0.717, 1.165) is 50.5 Å². The third kappa shape index (κ3) is 8.53. The molecule has 3 nitrogen and oxygen atoms in total. The van der Waals surface area contributed by atoms with E-state index in [1.54, 1.807) is 6.07 Å². The van der Waals surface area contributed by atoms with E-state index in [1.807, 2.05) is 12.1 Å². The van der Waals surface area contributed by atoms with Crippen LogP contribution >= 0.6 is 0 Å². The Balaban J connectivity index is 1.45. The highest BCUT2D eigenvalue weighted by atomic mass is 16.5. The molecule has 0 aliphatic heterocycles. The molecule has 2 aromatic rings. The van der Waals surface area contributed by atoms with Gasteiger partial charge in [0.2, 0.25) is 0 Å². The van der Waals surface area contributed by atoms with Gasteiger partial charge in [-0.3, -0.25) is 4.79 Å². The predicted molar refractivity (Wildman–Crippen MR) is 144 cm³/mol. The molecule has 0 atom stereocenters. The number of nitriles is 1. The lowest BCUT2D eigenvalue weighted by Gasteiger charge is -2.27. The van der Waals surface area contributed by atoms with Gasteiger partial charge in [-0.25, -0.2) is 0 Å². The van der Waals surface area contributed by atoms with Crippen molar-refractivity contribution < 1.29 is 9.53 Å². The zero-order valence-electron chi connectivity index (χ0n) is 21.9. The molecule has 0 aromatic heterocycles. The standard InChI is InChI=1S/C32H43NO2/c1-3-5-7-8-9-10-12-25-13-16-27(17-14-25)28-18-20-29(21-19-28)32(34)35-31-22-15-26(11-6-4-2)23-30(31)24-33/h13-17,22-23,28-29H,3-12,18-21H2,1-2H3. The summed E-state index contributed by atoms with van der Waals surface area (Å²) in [5.74, 6) is 0.663. The van der Waals surface area contributed by atoms with Crippen molar-refractivity contribution in [2.24, 2.45) is 5.92 Å². The van der Waals surface area contributed by atoms with Gasteiger partial charge in [0.15, 0.2) is 0 Å². The first-order valence-corrected chi connectivity index (χ1v) is 14.0. The molecule has 0 saturated heterocycles.